The molecule has 1 saturated heterocycles. The van der Waals surface area contributed by atoms with Gasteiger partial charge in [0.15, 0.2) is 0 Å². The number of carbonyl (C=O) groups excluding carboxylic acids is 2. The predicted molar refractivity (Wildman–Crippen MR) is 144 cm³/mol. The Hall–Kier alpha value is -4.44. The number of para-hydroxylation sites is 1. The van der Waals surface area contributed by atoms with Crippen LogP contribution in [0.5, 0.6) is 5.75 Å². The summed E-state index contributed by atoms with van der Waals surface area (Å²) in [5.41, 5.74) is 4.11. The maximum atomic E-state index is 13.4. The topological polar surface area (TPSA) is 102 Å². The zero-order chi connectivity index (χ0) is 26.3. The van der Waals surface area contributed by atoms with Gasteiger partial charge in [-0.25, -0.2) is 4.68 Å². The molecule has 3 aromatic carbocycles. The molecule has 0 aliphatic carbocycles. The van der Waals surface area contributed by atoms with Crippen LogP contribution >= 0.6 is 0 Å². The lowest BCUT2D eigenvalue weighted by molar-refractivity contribution is -0.136. The van der Waals surface area contributed by atoms with Crippen LogP contribution in [-0.4, -0.2) is 71.7 Å². The second kappa shape index (κ2) is 11.7. The first-order valence-electron chi connectivity index (χ1n) is 12.5. The highest BCUT2D eigenvalue weighted by Gasteiger charge is 2.20. The fourth-order valence-corrected chi connectivity index (χ4v) is 4.40. The summed E-state index contributed by atoms with van der Waals surface area (Å²) < 4.78 is 12.2. The number of carbonyl (C=O) groups is 2. The van der Waals surface area contributed by atoms with Crippen molar-refractivity contribution in [2.45, 2.75) is 13.1 Å². The standard InChI is InChI=1S/C28H30N6O4/c1-37-24-12-6-21(7-13-24)18-33(28(36)20-34-26-5-3-2-4-25(26)30-31-34)19-27(35)29-22-8-10-23(11-9-22)32-14-16-38-17-15-32/h2-13H,14-20H2,1H3,(H,29,35). The molecule has 10 heteroatoms. The Balaban J connectivity index is 1.28. The number of amides is 2. The molecule has 0 spiro atoms. The van der Waals surface area contributed by atoms with Gasteiger partial charge in [0.05, 0.1) is 25.8 Å². The van der Waals surface area contributed by atoms with E-state index in [9.17, 15) is 9.59 Å². The van der Waals surface area contributed by atoms with Crippen molar-refractivity contribution in [2.75, 3.05) is 50.2 Å². The molecule has 10 nitrogen and oxygen atoms in total. The smallest absolute Gasteiger partial charge is 0.245 e. The number of ether oxygens (including phenoxy) is 2. The van der Waals surface area contributed by atoms with Crippen molar-refractivity contribution in [3.05, 3.63) is 78.4 Å². The van der Waals surface area contributed by atoms with Crippen molar-refractivity contribution < 1.29 is 19.1 Å². The second-order valence-corrected chi connectivity index (χ2v) is 9.03. The highest BCUT2D eigenvalue weighted by Crippen LogP contribution is 2.20. The van der Waals surface area contributed by atoms with E-state index in [-0.39, 0.29) is 31.4 Å². The number of nitrogens with zero attached hydrogens (tertiary/aromatic N) is 5. The largest absolute Gasteiger partial charge is 0.497 e. The SMILES string of the molecule is COc1ccc(CN(CC(=O)Nc2ccc(N3CCOCC3)cc2)C(=O)Cn2nnc3ccccc32)cc1. The number of nitrogens with one attached hydrogen (secondary N) is 1. The Morgan fingerprint density at radius 1 is 1.00 bits per heavy atom. The molecule has 5 rings (SSSR count). The zero-order valence-electron chi connectivity index (χ0n) is 21.2. The summed E-state index contributed by atoms with van der Waals surface area (Å²) in [4.78, 5) is 30.2. The summed E-state index contributed by atoms with van der Waals surface area (Å²) >= 11 is 0. The first-order chi connectivity index (χ1) is 18.6. The van der Waals surface area contributed by atoms with Crippen LogP contribution in [0.2, 0.25) is 0 Å². The molecule has 1 fully saturated rings. The van der Waals surface area contributed by atoms with Crippen LogP contribution in [0.25, 0.3) is 11.0 Å². The third-order valence-corrected chi connectivity index (χ3v) is 6.45. The summed E-state index contributed by atoms with van der Waals surface area (Å²) in [6, 6.07) is 22.6. The molecule has 2 amide bonds. The van der Waals surface area contributed by atoms with Crippen molar-refractivity contribution in [3.63, 3.8) is 0 Å². The minimum Gasteiger partial charge on any atom is -0.497 e. The minimum atomic E-state index is -0.283. The fraction of sp³-hybridized carbons (Fsp3) is 0.286. The molecule has 0 bridgehead atoms. The normalized spacial score (nSPS) is 13.3. The van der Waals surface area contributed by atoms with Gasteiger partial charge in [-0.3, -0.25) is 9.59 Å². The van der Waals surface area contributed by atoms with Crippen molar-refractivity contribution in [3.8, 4) is 5.75 Å². The highest BCUT2D eigenvalue weighted by atomic mass is 16.5. The molecule has 196 valence electrons. The van der Waals surface area contributed by atoms with Gasteiger partial charge in [-0.2, -0.15) is 0 Å². The summed E-state index contributed by atoms with van der Waals surface area (Å²) in [5.74, 6) is 0.197. The Morgan fingerprint density at radius 2 is 1.74 bits per heavy atom. The number of fused-ring (bicyclic) bond motifs is 1. The lowest BCUT2D eigenvalue weighted by atomic mass is 10.2. The summed E-state index contributed by atoms with van der Waals surface area (Å²) in [5, 5.41) is 11.2. The van der Waals surface area contributed by atoms with Crippen molar-refractivity contribution in [1.82, 2.24) is 19.9 Å². The van der Waals surface area contributed by atoms with Crippen molar-refractivity contribution >= 4 is 34.2 Å². The molecule has 1 aromatic heterocycles. The van der Waals surface area contributed by atoms with E-state index in [2.05, 4.69) is 20.5 Å². The number of hydrogen-bond acceptors (Lipinski definition) is 7. The van der Waals surface area contributed by atoms with Gasteiger partial charge in [-0.15, -0.1) is 5.10 Å². The van der Waals surface area contributed by atoms with E-state index in [1.807, 2.05) is 72.8 Å². The van der Waals surface area contributed by atoms with Crippen LogP contribution in [0.3, 0.4) is 0 Å². The zero-order valence-corrected chi connectivity index (χ0v) is 21.2. The third kappa shape index (κ3) is 6.09. The Bertz CT molecular complexity index is 1380. The fourth-order valence-electron chi connectivity index (χ4n) is 4.40. The molecular formula is C28H30N6O4. The summed E-state index contributed by atoms with van der Waals surface area (Å²) in [6.45, 7) is 3.23. The number of anilines is 2. The molecule has 38 heavy (non-hydrogen) atoms. The first-order valence-corrected chi connectivity index (χ1v) is 12.5. The molecule has 0 saturated carbocycles. The Labute approximate surface area is 220 Å². The van der Waals surface area contributed by atoms with Crippen LogP contribution in [0.15, 0.2) is 72.8 Å². The maximum absolute atomic E-state index is 13.4. The molecular weight excluding hydrogens is 484 g/mol. The molecule has 0 unspecified atom stereocenters. The number of rotatable bonds is 9. The van der Waals surface area contributed by atoms with Gasteiger partial charge in [0, 0.05) is 31.0 Å². The van der Waals surface area contributed by atoms with E-state index >= 15 is 0 Å². The van der Waals surface area contributed by atoms with E-state index in [1.165, 1.54) is 4.90 Å². The van der Waals surface area contributed by atoms with Crippen LogP contribution < -0.4 is 15.0 Å². The Kier molecular flexibility index (Phi) is 7.79. The van der Waals surface area contributed by atoms with Crippen LogP contribution in [0.4, 0.5) is 11.4 Å². The average Bonchev–Trinajstić information content (AvgIpc) is 3.36. The maximum Gasteiger partial charge on any atom is 0.245 e. The molecule has 1 aliphatic heterocycles. The minimum absolute atomic E-state index is 0.0296. The number of benzene rings is 3. The summed E-state index contributed by atoms with van der Waals surface area (Å²) in [7, 11) is 1.60. The molecule has 4 aromatic rings. The molecule has 1 N–H and O–H groups in total. The van der Waals surface area contributed by atoms with Gasteiger partial charge in [-0.1, -0.05) is 29.5 Å². The van der Waals surface area contributed by atoms with Gasteiger partial charge in [0.2, 0.25) is 11.8 Å². The second-order valence-electron chi connectivity index (χ2n) is 9.03. The number of aromatic nitrogens is 3. The van der Waals surface area contributed by atoms with E-state index in [0.29, 0.717) is 24.4 Å². The number of hydrogen-bond donors (Lipinski definition) is 1. The van der Waals surface area contributed by atoms with Gasteiger partial charge in [0.25, 0.3) is 0 Å². The van der Waals surface area contributed by atoms with Crippen LogP contribution in [0.1, 0.15) is 5.56 Å². The molecule has 0 radical (unpaired) electrons. The van der Waals surface area contributed by atoms with E-state index < -0.39 is 0 Å². The Morgan fingerprint density at radius 3 is 2.47 bits per heavy atom. The predicted octanol–water partition coefficient (Wildman–Crippen LogP) is 2.94. The lowest BCUT2D eigenvalue weighted by Gasteiger charge is -2.29. The van der Waals surface area contributed by atoms with E-state index in [0.717, 1.165) is 35.6 Å². The number of morpholine rings is 1. The van der Waals surface area contributed by atoms with Crippen LogP contribution in [0, 0.1) is 0 Å². The van der Waals surface area contributed by atoms with Gasteiger partial charge in [0.1, 0.15) is 24.4 Å². The summed E-state index contributed by atoms with van der Waals surface area (Å²) in [6.07, 6.45) is 0. The van der Waals surface area contributed by atoms with Gasteiger partial charge < -0.3 is 24.6 Å². The van der Waals surface area contributed by atoms with Gasteiger partial charge >= 0.3 is 0 Å². The van der Waals surface area contributed by atoms with E-state index in [1.54, 1.807) is 11.8 Å². The quantitative estimate of drug-likeness (QED) is 0.366. The first kappa shape index (κ1) is 25.2. The van der Waals surface area contributed by atoms with Gasteiger partial charge in [-0.05, 0) is 54.1 Å². The molecule has 2 heterocycles. The average molecular weight is 515 g/mol. The van der Waals surface area contributed by atoms with Crippen LogP contribution in [-0.2, 0) is 27.4 Å². The third-order valence-electron chi connectivity index (χ3n) is 6.45. The van der Waals surface area contributed by atoms with Crippen molar-refractivity contribution in [1.29, 1.82) is 0 Å². The van der Waals surface area contributed by atoms with E-state index in [4.69, 9.17) is 9.47 Å². The lowest BCUT2D eigenvalue weighted by Crippen LogP contribution is -2.39. The monoisotopic (exact) mass is 514 g/mol. The molecule has 1 aliphatic rings. The number of methoxy groups -OCH3 is 1. The molecule has 0 atom stereocenters. The highest BCUT2D eigenvalue weighted by molar-refractivity contribution is 5.94. The van der Waals surface area contributed by atoms with Crippen molar-refractivity contribution in [2.24, 2.45) is 0 Å².